The molecule has 0 spiro atoms. The molecule has 0 saturated heterocycles. The second kappa shape index (κ2) is 3.23. The number of rotatable bonds is 1. The number of hydrogen-bond acceptors (Lipinski definition) is 1. The van der Waals surface area contributed by atoms with E-state index >= 15 is 0 Å². The summed E-state index contributed by atoms with van der Waals surface area (Å²) in [6.07, 6.45) is 4.53. The lowest BCUT2D eigenvalue weighted by Crippen LogP contribution is -2.32. The quantitative estimate of drug-likeness (QED) is 0.773. The molecule has 2 bridgehead atoms. The summed E-state index contributed by atoms with van der Waals surface area (Å²) >= 11 is 6.17. The van der Waals surface area contributed by atoms with E-state index in [1.165, 1.54) is 12.8 Å². The molecule has 0 amide bonds. The molecular weight excluding hydrogens is 208 g/mol. The van der Waals surface area contributed by atoms with Gasteiger partial charge in [0.25, 0.3) is 0 Å². The zero-order chi connectivity index (χ0) is 10.5. The zero-order valence-electron chi connectivity index (χ0n) is 8.62. The van der Waals surface area contributed by atoms with E-state index in [1.54, 1.807) is 0 Å². The van der Waals surface area contributed by atoms with E-state index < -0.39 is 5.60 Å². The van der Waals surface area contributed by atoms with Crippen molar-refractivity contribution in [1.82, 2.24) is 0 Å². The summed E-state index contributed by atoms with van der Waals surface area (Å²) in [7, 11) is 0. The van der Waals surface area contributed by atoms with Crippen LogP contribution in [-0.2, 0) is 5.60 Å². The van der Waals surface area contributed by atoms with Gasteiger partial charge in [0.1, 0.15) is 0 Å². The summed E-state index contributed by atoms with van der Waals surface area (Å²) in [5, 5.41) is 11.5. The van der Waals surface area contributed by atoms with Gasteiger partial charge in [-0.2, -0.15) is 0 Å². The van der Waals surface area contributed by atoms with Gasteiger partial charge < -0.3 is 5.11 Å². The van der Waals surface area contributed by atoms with Gasteiger partial charge in [-0.15, -0.1) is 0 Å². The lowest BCUT2D eigenvalue weighted by molar-refractivity contribution is -0.0181. The molecule has 1 aromatic carbocycles. The van der Waals surface area contributed by atoms with E-state index in [9.17, 15) is 5.11 Å². The highest BCUT2D eigenvalue weighted by atomic mass is 35.5. The smallest absolute Gasteiger partial charge is 0.0941 e. The standard InChI is InChI=1S/C13H15ClO/c14-12-4-2-1-3-11(12)13(15)8-9-5-6-10(13)7-9/h1-4,9-10,15H,5-8H2. The molecule has 0 aliphatic heterocycles. The van der Waals surface area contributed by atoms with Crippen LogP contribution < -0.4 is 0 Å². The van der Waals surface area contributed by atoms with Gasteiger partial charge in [0.15, 0.2) is 0 Å². The van der Waals surface area contributed by atoms with E-state index in [2.05, 4.69) is 0 Å². The zero-order valence-corrected chi connectivity index (χ0v) is 9.37. The number of halogens is 1. The Balaban J connectivity index is 2.04. The van der Waals surface area contributed by atoms with E-state index in [4.69, 9.17) is 11.6 Å². The molecule has 1 aromatic rings. The Kier molecular flexibility index (Phi) is 2.08. The van der Waals surface area contributed by atoms with Crippen LogP contribution in [0.3, 0.4) is 0 Å². The Morgan fingerprint density at radius 1 is 1.27 bits per heavy atom. The van der Waals surface area contributed by atoms with Crippen LogP contribution in [-0.4, -0.2) is 5.11 Å². The van der Waals surface area contributed by atoms with Crippen molar-refractivity contribution >= 4 is 11.6 Å². The summed E-state index contributed by atoms with van der Waals surface area (Å²) in [4.78, 5) is 0. The number of hydrogen-bond donors (Lipinski definition) is 1. The van der Waals surface area contributed by atoms with Crippen molar-refractivity contribution in [3.8, 4) is 0 Å². The Bertz CT molecular complexity index is 390. The molecule has 1 nitrogen and oxygen atoms in total. The van der Waals surface area contributed by atoms with Gasteiger partial charge in [-0.25, -0.2) is 0 Å². The number of benzene rings is 1. The van der Waals surface area contributed by atoms with Gasteiger partial charge in [-0.1, -0.05) is 29.8 Å². The Labute approximate surface area is 95.1 Å². The third-order valence-electron chi connectivity index (χ3n) is 4.16. The molecule has 2 aliphatic carbocycles. The van der Waals surface area contributed by atoms with Crippen LogP contribution in [0.4, 0.5) is 0 Å². The lowest BCUT2D eigenvalue weighted by atomic mass is 9.79. The van der Waals surface area contributed by atoms with Crippen molar-refractivity contribution in [3.05, 3.63) is 34.9 Å². The number of aliphatic hydroxyl groups is 1. The number of fused-ring (bicyclic) bond motifs is 2. The molecule has 2 heteroatoms. The Morgan fingerprint density at radius 3 is 2.67 bits per heavy atom. The van der Waals surface area contributed by atoms with Gasteiger partial charge in [-0.3, -0.25) is 0 Å². The summed E-state index contributed by atoms with van der Waals surface area (Å²) in [6, 6.07) is 7.73. The van der Waals surface area contributed by atoms with Crippen LogP contribution in [0.1, 0.15) is 31.2 Å². The van der Waals surface area contributed by atoms with Crippen molar-refractivity contribution < 1.29 is 5.11 Å². The summed E-state index contributed by atoms with van der Waals surface area (Å²) in [5.41, 5.74) is 0.306. The van der Waals surface area contributed by atoms with E-state index in [0.717, 1.165) is 24.3 Å². The summed E-state index contributed by atoms with van der Waals surface area (Å²) in [6.45, 7) is 0. The van der Waals surface area contributed by atoms with E-state index in [-0.39, 0.29) is 0 Å². The average molecular weight is 223 g/mol. The molecule has 2 aliphatic rings. The van der Waals surface area contributed by atoms with E-state index in [0.29, 0.717) is 10.9 Å². The summed E-state index contributed by atoms with van der Waals surface area (Å²) < 4.78 is 0. The highest BCUT2D eigenvalue weighted by Crippen LogP contribution is 2.56. The molecule has 3 atom stereocenters. The minimum atomic E-state index is -0.638. The highest BCUT2D eigenvalue weighted by molar-refractivity contribution is 6.31. The molecule has 15 heavy (non-hydrogen) atoms. The fraction of sp³-hybridized carbons (Fsp3) is 0.538. The normalized spacial score (nSPS) is 38.5. The fourth-order valence-corrected chi connectivity index (χ4v) is 3.74. The minimum absolute atomic E-state index is 0.433. The molecule has 1 N–H and O–H groups in total. The third kappa shape index (κ3) is 1.33. The maximum absolute atomic E-state index is 10.7. The van der Waals surface area contributed by atoms with Crippen molar-refractivity contribution in [2.24, 2.45) is 11.8 Å². The largest absolute Gasteiger partial charge is 0.385 e. The first kappa shape index (κ1) is 9.68. The van der Waals surface area contributed by atoms with Crippen molar-refractivity contribution in [3.63, 3.8) is 0 Å². The SMILES string of the molecule is OC1(c2ccccc2Cl)CC2CCC1C2. The molecular formula is C13H15ClO. The van der Waals surface area contributed by atoms with Crippen molar-refractivity contribution in [2.75, 3.05) is 0 Å². The lowest BCUT2D eigenvalue weighted by Gasteiger charge is -2.33. The first-order valence-electron chi connectivity index (χ1n) is 5.67. The van der Waals surface area contributed by atoms with Crippen molar-refractivity contribution in [1.29, 1.82) is 0 Å². The van der Waals surface area contributed by atoms with Crippen LogP contribution in [0.2, 0.25) is 5.02 Å². The van der Waals surface area contributed by atoms with Crippen molar-refractivity contribution in [2.45, 2.75) is 31.3 Å². The Morgan fingerprint density at radius 2 is 2.07 bits per heavy atom. The maximum Gasteiger partial charge on any atom is 0.0941 e. The molecule has 0 aromatic heterocycles. The van der Waals surface area contributed by atoms with Crippen LogP contribution in [0.25, 0.3) is 0 Å². The maximum atomic E-state index is 10.7. The van der Waals surface area contributed by atoms with Gasteiger partial charge >= 0.3 is 0 Å². The van der Waals surface area contributed by atoms with Gasteiger partial charge in [0.05, 0.1) is 5.60 Å². The molecule has 2 fully saturated rings. The summed E-state index contributed by atoms with van der Waals surface area (Å²) in [5.74, 6) is 1.15. The van der Waals surface area contributed by atoms with Gasteiger partial charge in [-0.05, 0) is 43.6 Å². The molecule has 3 unspecified atom stereocenters. The first-order valence-corrected chi connectivity index (χ1v) is 6.05. The molecule has 2 saturated carbocycles. The van der Waals surface area contributed by atoms with Gasteiger partial charge in [0, 0.05) is 10.6 Å². The second-order valence-corrected chi connectivity index (χ2v) is 5.39. The van der Waals surface area contributed by atoms with Crippen LogP contribution in [0, 0.1) is 11.8 Å². The Hall–Kier alpha value is -0.530. The monoisotopic (exact) mass is 222 g/mol. The van der Waals surface area contributed by atoms with E-state index in [1.807, 2.05) is 24.3 Å². The molecule has 3 rings (SSSR count). The van der Waals surface area contributed by atoms with Crippen LogP contribution in [0.5, 0.6) is 0 Å². The average Bonchev–Trinajstić information content (AvgIpc) is 2.78. The fourth-order valence-electron chi connectivity index (χ4n) is 3.44. The highest BCUT2D eigenvalue weighted by Gasteiger charge is 2.51. The predicted octanol–water partition coefficient (Wildman–Crippen LogP) is 3.35. The molecule has 0 radical (unpaired) electrons. The van der Waals surface area contributed by atoms with Crippen LogP contribution >= 0.6 is 11.6 Å². The molecule has 80 valence electrons. The van der Waals surface area contributed by atoms with Crippen LogP contribution in [0.15, 0.2) is 24.3 Å². The predicted molar refractivity (Wildman–Crippen MR) is 60.8 cm³/mol. The second-order valence-electron chi connectivity index (χ2n) is 4.98. The third-order valence-corrected chi connectivity index (χ3v) is 4.49. The molecule has 0 heterocycles. The first-order chi connectivity index (χ1) is 7.20. The minimum Gasteiger partial charge on any atom is -0.385 e. The van der Waals surface area contributed by atoms with Gasteiger partial charge in [0.2, 0.25) is 0 Å². The topological polar surface area (TPSA) is 20.2 Å².